The highest BCUT2D eigenvalue weighted by atomic mass is 35.5. The Morgan fingerprint density at radius 3 is 2.75 bits per heavy atom. The van der Waals surface area contributed by atoms with E-state index in [-0.39, 0.29) is 27.4 Å². The van der Waals surface area contributed by atoms with Gasteiger partial charge >= 0.3 is 5.97 Å². The van der Waals surface area contributed by atoms with E-state index in [1.54, 1.807) is 0 Å². The molecule has 0 saturated carbocycles. The molecule has 1 N–H and O–H groups in total. The summed E-state index contributed by atoms with van der Waals surface area (Å²) in [6.07, 6.45) is 0. The monoisotopic (exact) mass is 374 g/mol. The molecule has 2 atom stereocenters. The summed E-state index contributed by atoms with van der Waals surface area (Å²) in [6.45, 7) is 2.56. The normalized spacial score (nSPS) is 26.1. The second-order valence-electron chi connectivity index (χ2n) is 6.30. The van der Waals surface area contributed by atoms with Gasteiger partial charge in [-0.3, -0.25) is 0 Å². The summed E-state index contributed by atoms with van der Waals surface area (Å²) in [7, 11) is -1.87. The van der Waals surface area contributed by atoms with Crippen molar-refractivity contribution in [3.05, 3.63) is 28.8 Å². The van der Waals surface area contributed by atoms with Crippen molar-refractivity contribution in [2.45, 2.75) is 10.9 Å². The molecule has 1 aromatic rings. The van der Waals surface area contributed by atoms with Crippen LogP contribution in [0.4, 0.5) is 0 Å². The average Bonchev–Trinajstić information content (AvgIpc) is 2.77. The van der Waals surface area contributed by atoms with E-state index >= 15 is 0 Å². The highest BCUT2D eigenvalue weighted by Crippen LogP contribution is 2.28. The number of ether oxygens (including phenoxy) is 1. The molecule has 24 heavy (non-hydrogen) atoms. The Morgan fingerprint density at radius 1 is 1.29 bits per heavy atom. The van der Waals surface area contributed by atoms with Gasteiger partial charge in [0.1, 0.15) is 0 Å². The standard InChI is InChI=1S/C15H19ClN2O5S/c1-17-5-10-6-18(11(7-17)9-23-8-10)24(21,22)12-2-3-14(16)13(4-12)15(19)20/h2-4,10-11H,5-9H2,1H3,(H,19,20)/t10-,11-/m0/s1. The molecule has 0 amide bonds. The lowest BCUT2D eigenvalue weighted by Gasteiger charge is -2.29. The number of rotatable bonds is 3. The van der Waals surface area contributed by atoms with Gasteiger partial charge in [0.2, 0.25) is 10.0 Å². The minimum atomic E-state index is -3.83. The van der Waals surface area contributed by atoms with Gasteiger partial charge in [0.15, 0.2) is 0 Å². The molecule has 2 heterocycles. The summed E-state index contributed by atoms with van der Waals surface area (Å²) in [5, 5.41) is 9.19. The van der Waals surface area contributed by atoms with Crippen LogP contribution in [0.2, 0.25) is 5.02 Å². The van der Waals surface area contributed by atoms with Crippen LogP contribution in [-0.2, 0) is 14.8 Å². The molecule has 2 bridgehead atoms. The number of carboxylic acids is 1. The molecular formula is C15H19ClN2O5S. The molecule has 1 aromatic carbocycles. The summed E-state index contributed by atoms with van der Waals surface area (Å²) in [5.41, 5.74) is -0.219. The van der Waals surface area contributed by atoms with E-state index in [1.807, 2.05) is 7.05 Å². The van der Waals surface area contributed by atoms with Gasteiger partial charge < -0.3 is 14.7 Å². The third-order valence-electron chi connectivity index (χ3n) is 4.38. The van der Waals surface area contributed by atoms with E-state index in [4.69, 9.17) is 16.3 Å². The molecule has 0 spiro atoms. The van der Waals surface area contributed by atoms with Crippen molar-refractivity contribution in [3.8, 4) is 0 Å². The summed E-state index contributed by atoms with van der Waals surface area (Å²) in [6, 6.07) is 3.49. The zero-order chi connectivity index (χ0) is 17.5. The summed E-state index contributed by atoms with van der Waals surface area (Å²) >= 11 is 5.85. The van der Waals surface area contributed by atoms with Gasteiger partial charge in [-0.25, -0.2) is 13.2 Å². The van der Waals surface area contributed by atoms with Gasteiger partial charge in [-0.15, -0.1) is 0 Å². The number of nitrogens with zero attached hydrogens (tertiary/aromatic N) is 2. The molecule has 0 aliphatic carbocycles. The van der Waals surface area contributed by atoms with Gasteiger partial charge in [0, 0.05) is 25.6 Å². The van der Waals surface area contributed by atoms with Gasteiger partial charge in [-0.05, 0) is 25.2 Å². The van der Waals surface area contributed by atoms with Crippen LogP contribution in [0.3, 0.4) is 0 Å². The Hall–Kier alpha value is -1.19. The minimum absolute atomic E-state index is 0.0131. The quantitative estimate of drug-likeness (QED) is 0.849. The van der Waals surface area contributed by atoms with Crippen LogP contribution in [0.1, 0.15) is 10.4 Å². The molecule has 7 nitrogen and oxygen atoms in total. The first-order valence-electron chi connectivity index (χ1n) is 7.60. The highest BCUT2D eigenvalue weighted by Gasteiger charge is 2.39. The number of sulfonamides is 1. The Kier molecular flexibility index (Phi) is 4.85. The zero-order valence-electron chi connectivity index (χ0n) is 13.2. The number of carboxylic acid groups (broad SMARTS) is 1. The molecule has 3 rings (SSSR count). The largest absolute Gasteiger partial charge is 0.478 e. The first-order valence-corrected chi connectivity index (χ1v) is 9.42. The van der Waals surface area contributed by atoms with Crippen LogP contribution in [0.15, 0.2) is 23.1 Å². The van der Waals surface area contributed by atoms with Crippen molar-refractivity contribution < 1.29 is 23.1 Å². The smallest absolute Gasteiger partial charge is 0.337 e. The number of benzene rings is 1. The van der Waals surface area contributed by atoms with Crippen molar-refractivity contribution in [2.24, 2.45) is 5.92 Å². The lowest BCUT2D eigenvalue weighted by molar-refractivity contribution is 0.0659. The number of hydrogen-bond donors (Lipinski definition) is 1. The van der Waals surface area contributed by atoms with E-state index < -0.39 is 16.0 Å². The van der Waals surface area contributed by atoms with Crippen molar-refractivity contribution in [2.75, 3.05) is 39.9 Å². The molecular weight excluding hydrogens is 356 g/mol. The SMILES string of the molecule is CN1C[C@@H]2COC[C@H](C1)N(S(=O)(=O)c1ccc(Cl)c(C(=O)O)c1)C2. The van der Waals surface area contributed by atoms with E-state index in [2.05, 4.69) is 4.90 Å². The topological polar surface area (TPSA) is 87.2 Å². The molecule has 132 valence electrons. The minimum Gasteiger partial charge on any atom is -0.478 e. The molecule has 2 fully saturated rings. The van der Waals surface area contributed by atoms with Crippen LogP contribution in [0.25, 0.3) is 0 Å². The number of hydrogen-bond acceptors (Lipinski definition) is 5. The lowest BCUT2D eigenvalue weighted by Crippen LogP contribution is -2.45. The number of fused-ring (bicyclic) bond motifs is 3. The van der Waals surface area contributed by atoms with Crippen molar-refractivity contribution in [1.29, 1.82) is 0 Å². The number of aromatic carboxylic acids is 1. The Labute approximate surface area is 145 Å². The lowest BCUT2D eigenvalue weighted by atomic mass is 10.1. The Bertz CT molecular complexity index is 754. The highest BCUT2D eigenvalue weighted by molar-refractivity contribution is 7.89. The molecule has 2 aliphatic rings. The predicted octanol–water partition coefficient (Wildman–Crippen LogP) is 0.989. The maximum Gasteiger partial charge on any atom is 0.337 e. The molecule has 0 radical (unpaired) electrons. The van der Waals surface area contributed by atoms with Crippen LogP contribution in [0.5, 0.6) is 0 Å². The number of halogens is 1. The van der Waals surface area contributed by atoms with Crippen LogP contribution in [-0.4, -0.2) is 74.6 Å². The maximum absolute atomic E-state index is 13.1. The van der Waals surface area contributed by atoms with Gasteiger partial charge in [-0.2, -0.15) is 4.31 Å². The average molecular weight is 375 g/mol. The van der Waals surface area contributed by atoms with E-state index in [0.717, 1.165) is 12.6 Å². The summed E-state index contributed by atoms with van der Waals surface area (Å²) in [5.74, 6) is -1.17. The van der Waals surface area contributed by atoms with Crippen LogP contribution in [0, 0.1) is 5.92 Å². The van der Waals surface area contributed by atoms with Crippen molar-refractivity contribution in [1.82, 2.24) is 9.21 Å². The fourth-order valence-corrected chi connectivity index (χ4v) is 5.20. The van der Waals surface area contributed by atoms with Crippen LogP contribution >= 0.6 is 11.6 Å². The molecule has 2 saturated heterocycles. The first-order chi connectivity index (χ1) is 11.3. The van der Waals surface area contributed by atoms with Crippen molar-refractivity contribution >= 4 is 27.6 Å². The molecule has 9 heteroatoms. The molecule has 0 aromatic heterocycles. The third-order valence-corrected chi connectivity index (χ3v) is 6.62. The fraction of sp³-hybridized carbons (Fsp3) is 0.533. The number of likely N-dealkylation sites (N-methyl/N-ethyl adjacent to an activating group) is 1. The summed E-state index contributed by atoms with van der Waals surface area (Å²) < 4.78 is 33.2. The van der Waals surface area contributed by atoms with E-state index in [0.29, 0.717) is 26.3 Å². The first kappa shape index (κ1) is 17.6. The Balaban J connectivity index is 2.01. The predicted molar refractivity (Wildman–Crippen MR) is 87.9 cm³/mol. The van der Waals surface area contributed by atoms with E-state index in [9.17, 15) is 18.3 Å². The van der Waals surface area contributed by atoms with Gasteiger partial charge in [0.25, 0.3) is 0 Å². The summed E-state index contributed by atoms with van der Waals surface area (Å²) in [4.78, 5) is 13.3. The second-order valence-corrected chi connectivity index (χ2v) is 8.60. The maximum atomic E-state index is 13.1. The van der Waals surface area contributed by atoms with Gasteiger partial charge in [-0.1, -0.05) is 11.6 Å². The number of carbonyl (C=O) groups is 1. The zero-order valence-corrected chi connectivity index (χ0v) is 14.8. The Morgan fingerprint density at radius 2 is 2.04 bits per heavy atom. The van der Waals surface area contributed by atoms with Crippen LogP contribution < -0.4 is 0 Å². The fourth-order valence-electron chi connectivity index (χ4n) is 3.30. The molecule has 0 unspecified atom stereocenters. The third kappa shape index (κ3) is 3.29. The molecule has 2 aliphatic heterocycles. The van der Waals surface area contributed by atoms with E-state index in [1.165, 1.54) is 16.4 Å². The second kappa shape index (κ2) is 6.61. The van der Waals surface area contributed by atoms with Gasteiger partial charge in [0.05, 0.1) is 34.7 Å². The van der Waals surface area contributed by atoms with Crippen molar-refractivity contribution in [3.63, 3.8) is 0 Å².